The number of hydrogen-bond donors (Lipinski definition) is 1. The van der Waals surface area contributed by atoms with Crippen LogP contribution in [0.4, 0.5) is 5.69 Å². The molecule has 1 unspecified atom stereocenters. The monoisotopic (exact) mass is 422 g/mol. The van der Waals surface area contributed by atoms with Crippen LogP contribution in [-0.4, -0.2) is 62.7 Å². The quantitative estimate of drug-likeness (QED) is 0.438. The maximum atomic E-state index is 13.0. The van der Waals surface area contributed by atoms with Crippen LogP contribution < -0.4 is 9.64 Å². The Morgan fingerprint density at radius 2 is 1.94 bits per heavy atom. The highest BCUT2D eigenvalue weighted by Gasteiger charge is 2.45. The summed E-state index contributed by atoms with van der Waals surface area (Å²) in [6.45, 7) is 1.13. The lowest BCUT2D eigenvalue weighted by molar-refractivity contribution is -0.140. The largest absolute Gasteiger partial charge is 0.507 e. The van der Waals surface area contributed by atoms with E-state index < -0.39 is 17.7 Å². The molecule has 0 radical (unpaired) electrons. The standard InChI is InChI=1S/C24H26N2O5/c1-25(2)18-7-4-15(5-8-18)21-20(23(28)24(29)26(21)11-13-30-3)22(27)17-6-9-19-16(14-17)10-12-31-19/h4-9,14,21,27H,10-13H2,1-3H3/b22-20-. The van der Waals surface area contributed by atoms with Gasteiger partial charge in [-0.05, 0) is 41.5 Å². The number of rotatable bonds is 6. The number of anilines is 1. The molecule has 1 N–H and O–H groups in total. The molecule has 4 rings (SSSR count). The molecule has 162 valence electrons. The Morgan fingerprint density at radius 3 is 2.61 bits per heavy atom. The fourth-order valence-electron chi connectivity index (χ4n) is 4.09. The third kappa shape index (κ3) is 3.77. The summed E-state index contributed by atoms with van der Waals surface area (Å²) >= 11 is 0. The minimum Gasteiger partial charge on any atom is -0.507 e. The lowest BCUT2D eigenvalue weighted by Crippen LogP contribution is -2.32. The van der Waals surface area contributed by atoms with Gasteiger partial charge >= 0.3 is 0 Å². The molecule has 2 heterocycles. The van der Waals surface area contributed by atoms with Crippen molar-refractivity contribution in [2.75, 3.05) is 45.9 Å². The van der Waals surface area contributed by atoms with Gasteiger partial charge in [-0.2, -0.15) is 0 Å². The number of likely N-dealkylation sites (tertiary alicyclic amines) is 1. The highest BCUT2D eigenvalue weighted by Crippen LogP contribution is 2.40. The Morgan fingerprint density at radius 1 is 1.19 bits per heavy atom. The molecule has 7 nitrogen and oxygen atoms in total. The van der Waals surface area contributed by atoms with E-state index in [1.165, 1.54) is 4.90 Å². The van der Waals surface area contributed by atoms with Gasteiger partial charge in [0.25, 0.3) is 11.7 Å². The van der Waals surface area contributed by atoms with Crippen molar-refractivity contribution in [3.05, 3.63) is 64.7 Å². The lowest BCUT2D eigenvalue weighted by Gasteiger charge is -2.25. The van der Waals surface area contributed by atoms with Crippen molar-refractivity contribution in [3.63, 3.8) is 0 Å². The normalized spacial score (nSPS) is 19.5. The Kier molecular flexibility index (Phi) is 5.69. The van der Waals surface area contributed by atoms with Crippen molar-refractivity contribution in [3.8, 4) is 5.75 Å². The summed E-state index contributed by atoms with van der Waals surface area (Å²) in [7, 11) is 5.43. The van der Waals surface area contributed by atoms with Crippen LogP contribution in [0.5, 0.6) is 5.75 Å². The number of nitrogens with zero attached hydrogens (tertiary/aromatic N) is 2. The first kappa shape index (κ1) is 20.9. The SMILES string of the molecule is COCCN1C(=O)C(=O)/C(=C(\O)c2ccc3c(c2)CCO3)C1c1ccc(N(C)C)cc1. The number of ether oxygens (including phenoxy) is 2. The average molecular weight is 422 g/mol. The van der Waals surface area contributed by atoms with E-state index in [1.807, 2.05) is 49.3 Å². The van der Waals surface area contributed by atoms with Gasteiger partial charge in [-0.25, -0.2) is 0 Å². The molecule has 2 aliphatic rings. The van der Waals surface area contributed by atoms with E-state index in [0.29, 0.717) is 12.2 Å². The Bertz CT molecular complexity index is 1040. The van der Waals surface area contributed by atoms with Crippen molar-refractivity contribution in [1.29, 1.82) is 0 Å². The van der Waals surface area contributed by atoms with Gasteiger partial charge < -0.3 is 24.4 Å². The Balaban J connectivity index is 1.82. The molecule has 2 aliphatic heterocycles. The molecule has 1 fully saturated rings. The van der Waals surface area contributed by atoms with Gasteiger partial charge in [-0.3, -0.25) is 9.59 Å². The zero-order chi connectivity index (χ0) is 22.1. The highest BCUT2D eigenvalue weighted by atomic mass is 16.5. The third-order valence-electron chi connectivity index (χ3n) is 5.76. The number of amides is 1. The predicted octanol–water partition coefficient (Wildman–Crippen LogP) is 2.76. The van der Waals surface area contributed by atoms with Crippen LogP contribution in [0.2, 0.25) is 0 Å². The van der Waals surface area contributed by atoms with E-state index in [4.69, 9.17) is 9.47 Å². The van der Waals surface area contributed by atoms with E-state index in [1.54, 1.807) is 19.2 Å². The molecule has 31 heavy (non-hydrogen) atoms. The first-order chi connectivity index (χ1) is 14.9. The summed E-state index contributed by atoms with van der Waals surface area (Å²) in [5.41, 5.74) is 3.33. The maximum absolute atomic E-state index is 13.0. The zero-order valence-electron chi connectivity index (χ0n) is 17.9. The molecule has 2 aromatic carbocycles. The topological polar surface area (TPSA) is 79.3 Å². The minimum atomic E-state index is -0.688. The van der Waals surface area contributed by atoms with Gasteiger partial charge in [0.05, 0.1) is 24.8 Å². The average Bonchev–Trinajstić information content (AvgIpc) is 3.34. The summed E-state index contributed by atoms with van der Waals surface area (Å²) in [4.78, 5) is 29.3. The highest BCUT2D eigenvalue weighted by molar-refractivity contribution is 6.46. The number of benzene rings is 2. The van der Waals surface area contributed by atoms with E-state index in [0.717, 1.165) is 29.0 Å². The molecule has 1 amide bonds. The van der Waals surface area contributed by atoms with E-state index in [-0.39, 0.29) is 24.5 Å². The summed E-state index contributed by atoms with van der Waals surface area (Å²) in [6.07, 6.45) is 0.744. The molecule has 0 saturated carbocycles. The molecule has 0 aliphatic carbocycles. The minimum absolute atomic E-state index is 0.0950. The summed E-state index contributed by atoms with van der Waals surface area (Å²) in [5.74, 6) is -0.709. The van der Waals surface area contributed by atoms with Crippen LogP contribution in [0.15, 0.2) is 48.0 Å². The number of aliphatic hydroxyl groups is 1. The fraction of sp³-hybridized carbons (Fsp3) is 0.333. The molecule has 0 aromatic heterocycles. The van der Waals surface area contributed by atoms with Crippen molar-refractivity contribution in [2.45, 2.75) is 12.5 Å². The third-order valence-corrected chi connectivity index (χ3v) is 5.76. The van der Waals surface area contributed by atoms with Crippen LogP contribution in [0.1, 0.15) is 22.7 Å². The molecule has 0 spiro atoms. The number of methoxy groups -OCH3 is 1. The molecular formula is C24H26N2O5. The van der Waals surface area contributed by atoms with Gasteiger partial charge in [0.1, 0.15) is 11.5 Å². The predicted molar refractivity (Wildman–Crippen MR) is 117 cm³/mol. The second kappa shape index (κ2) is 8.43. The molecule has 0 bridgehead atoms. The van der Waals surface area contributed by atoms with E-state index in [9.17, 15) is 14.7 Å². The summed E-state index contributed by atoms with van der Waals surface area (Å²) in [5, 5.41) is 11.2. The van der Waals surface area contributed by atoms with Crippen molar-refractivity contribution >= 4 is 23.1 Å². The van der Waals surface area contributed by atoms with Gasteiger partial charge in [0, 0.05) is 45.4 Å². The Hall–Kier alpha value is -3.32. The van der Waals surface area contributed by atoms with Gasteiger partial charge in [-0.15, -0.1) is 0 Å². The molecule has 1 saturated heterocycles. The number of Topliss-reactive ketones (excluding diaryl/α,β-unsaturated/α-hetero) is 1. The summed E-state index contributed by atoms with van der Waals surface area (Å²) in [6, 6.07) is 12.3. The molecular weight excluding hydrogens is 396 g/mol. The second-order valence-electron chi connectivity index (χ2n) is 7.89. The Labute approximate surface area is 181 Å². The first-order valence-electron chi connectivity index (χ1n) is 10.2. The van der Waals surface area contributed by atoms with Gasteiger partial charge in [0.15, 0.2) is 0 Å². The summed E-state index contributed by atoms with van der Waals surface area (Å²) < 4.78 is 10.7. The lowest BCUT2D eigenvalue weighted by atomic mass is 9.94. The van der Waals surface area contributed by atoms with Crippen molar-refractivity contribution in [1.82, 2.24) is 4.90 Å². The van der Waals surface area contributed by atoms with Crippen molar-refractivity contribution in [2.24, 2.45) is 0 Å². The van der Waals surface area contributed by atoms with Crippen LogP contribution in [0.3, 0.4) is 0 Å². The number of carbonyl (C=O) groups is 2. The van der Waals surface area contributed by atoms with Crippen LogP contribution in [0.25, 0.3) is 5.76 Å². The smallest absolute Gasteiger partial charge is 0.295 e. The molecule has 1 atom stereocenters. The molecule has 2 aromatic rings. The van der Waals surface area contributed by atoms with Crippen LogP contribution in [-0.2, 0) is 20.7 Å². The number of fused-ring (bicyclic) bond motifs is 1. The first-order valence-corrected chi connectivity index (χ1v) is 10.2. The number of aliphatic hydroxyl groups excluding tert-OH is 1. The number of hydrogen-bond acceptors (Lipinski definition) is 6. The maximum Gasteiger partial charge on any atom is 0.295 e. The zero-order valence-corrected chi connectivity index (χ0v) is 17.9. The van der Waals surface area contributed by atoms with Gasteiger partial charge in [-0.1, -0.05) is 12.1 Å². The number of carbonyl (C=O) groups excluding carboxylic acids is 2. The molecule has 7 heteroatoms. The fourth-order valence-corrected chi connectivity index (χ4v) is 4.09. The van der Waals surface area contributed by atoms with E-state index >= 15 is 0 Å². The van der Waals surface area contributed by atoms with Crippen LogP contribution in [0, 0.1) is 0 Å². The van der Waals surface area contributed by atoms with Crippen LogP contribution >= 0.6 is 0 Å². The van der Waals surface area contributed by atoms with Crippen molar-refractivity contribution < 1.29 is 24.2 Å². The van der Waals surface area contributed by atoms with Gasteiger partial charge in [0.2, 0.25) is 0 Å². The van der Waals surface area contributed by atoms with E-state index in [2.05, 4.69) is 0 Å². The second-order valence-corrected chi connectivity index (χ2v) is 7.89. The number of ketones is 1.